The Labute approximate surface area is 156 Å². The van der Waals surface area contributed by atoms with Crippen molar-refractivity contribution in [3.8, 4) is 0 Å². The van der Waals surface area contributed by atoms with Crippen LogP contribution in [0, 0.1) is 0 Å². The second-order valence-electron chi connectivity index (χ2n) is 6.00. The van der Waals surface area contributed by atoms with Crippen LogP contribution in [0.4, 0.5) is 0 Å². The van der Waals surface area contributed by atoms with Gasteiger partial charge in [0.25, 0.3) is 0 Å². The summed E-state index contributed by atoms with van der Waals surface area (Å²) in [7, 11) is -3.60. The molecule has 0 aliphatic heterocycles. The van der Waals surface area contributed by atoms with Gasteiger partial charge < -0.3 is 15.5 Å². The SMILES string of the molecule is CS(=O)(=O)c1ccc(C(O)=C2C(=O)CCCC2=O)c(Cl)c1CNCCO. The minimum absolute atomic E-state index is 0.0264. The van der Waals surface area contributed by atoms with E-state index in [2.05, 4.69) is 5.32 Å². The van der Waals surface area contributed by atoms with Crippen LogP contribution in [-0.4, -0.2) is 49.6 Å². The molecule has 1 aliphatic rings. The Kier molecular flexibility index (Phi) is 6.57. The van der Waals surface area contributed by atoms with E-state index in [1.807, 2.05) is 0 Å². The third-order valence-electron chi connectivity index (χ3n) is 4.05. The van der Waals surface area contributed by atoms with Crippen molar-refractivity contribution in [1.82, 2.24) is 5.32 Å². The number of nitrogens with one attached hydrogen (secondary N) is 1. The maximum absolute atomic E-state index is 12.0. The second kappa shape index (κ2) is 8.30. The lowest BCUT2D eigenvalue weighted by Gasteiger charge is -2.17. The minimum atomic E-state index is -3.60. The molecule has 0 atom stereocenters. The highest BCUT2D eigenvalue weighted by Gasteiger charge is 2.29. The van der Waals surface area contributed by atoms with E-state index in [-0.39, 0.29) is 59.2 Å². The third kappa shape index (κ3) is 4.32. The molecule has 9 heteroatoms. The number of benzene rings is 1. The fraction of sp³-hybridized carbons (Fsp3) is 0.412. The molecule has 1 fully saturated rings. The van der Waals surface area contributed by atoms with Crippen molar-refractivity contribution in [3.63, 3.8) is 0 Å². The summed E-state index contributed by atoms with van der Waals surface area (Å²) in [4.78, 5) is 24.0. The minimum Gasteiger partial charge on any atom is -0.506 e. The largest absolute Gasteiger partial charge is 0.506 e. The number of hydrogen-bond donors (Lipinski definition) is 3. The molecule has 7 nitrogen and oxygen atoms in total. The number of aliphatic hydroxyl groups excluding tert-OH is 2. The Balaban J connectivity index is 2.62. The van der Waals surface area contributed by atoms with Gasteiger partial charge in [0.05, 0.1) is 16.5 Å². The van der Waals surface area contributed by atoms with Gasteiger partial charge in [-0.2, -0.15) is 0 Å². The molecule has 1 saturated carbocycles. The number of halogens is 1. The first kappa shape index (κ1) is 20.6. The number of hydrogen-bond acceptors (Lipinski definition) is 7. The van der Waals surface area contributed by atoms with Crippen molar-refractivity contribution in [2.45, 2.75) is 30.7 Å². The average molecular weight is 402 g/mol. The van der Waals surface area contributed by atoms with Gasteiger partial charge in [-0.25, -0.2) is 8.42 Å². The van der Waals surface area contributed by atoms with Gasteiger partial charge in [0.2, 0.25) is 0 Å². The number of allylic oxidation sites excluding steroid dienone is 1. The number of ketones is 2. The Morgan fingerprint density at radius 3 is 2.38 bits per heavy atom. The lowest BCUT2D eigenvalue weighted by Crippen LogP contribution is -2.21. The first-order valence-corrected chi connectivity index (χ1v) is 10.3. The zero-order chi connectivity index (χ0) is 19.5. The fourth-order valence-electron chi connectivity index (χ4n) is 2.80. The Bertz CT molecular complexity index is 857. The molecule has 0 aromatic heterocycles. The van der Waals surface area contributed by atoms with E-state index in [1.165, 1.54) is 12.1 Å². The molecular weight excluding hydrogens is 382 g/mol. The van der Waals surface area contributed by atoms with Crippen LogP contribution >= 0.6 is 11.6 Å². The van der Waals surface area contributed by atoms with Gasteiger partial charge in [-0.1, -0.05) is 11.6 Å². The normalized spacial score (nSPS) is 15.4. The summed E-state index contributed by atoms with van der Waals surface area (Å²) in [5, 5.41) is 22.2. The topological polar surface area (TPSA) is 121 Å². The molecule has 0 amide bonds. The highest BCUT2D eigenvalue weighted by Crippen LogP contribution is 2.34. The van der Waals surface area contributed by atoms with Crippen LogP contribution in [0.25, 0.3) is 5.76 Å². The fourth-order valence-corrected chi connectivity index (χ4v) is 4.12. The quantitative estimate of drug-likeness (QED) is 0.285. The van der Waals surface area contributed by atoms with E-state index in [9.17, 15) is 23.1 Å². The van der Waals surface area contributed by atoms with Crippen molar-refractivity contribution in [2.24, 2.45) is 0 Å². The average Bonchev–Trinajstić information content (AvgIpc) is 2.55. The van der Waals surface area contributed by atoms with Crippen LogP contribution in [0.3, 0.4) is 0 Å². The van der Waals surface area contributed by atoms with Gasteiger partial charge in [-0.3, -0.25) is 9.59 Å². The van der Waals surface area contributed by atoms with Gasteiger partial charge in [0.15, 0.2) is 21.4 Å². The Morgan fingerprint density at radius 1 is 1.23 bits per heavy atom. The molecule has 0 unspecified atom stereocenters. The molecule has 3 N–H and O–H groups in total. The van der Waals surface area contributed by atoms with Crippen LogP contribution in [-0.2, 0) is 26.0 Å². The summed E-state index contributed by atoms with van der Waals surface area (Å²) in [5.74, 6) is -1.45. The Hall–Kier alpha value is -1.74. The summed E-state index contributed by atoms with van der Waals surface area (Å²) < 4.78 is 24.0. The van der Waals surface area contributed by atoms with E-state index in [1.54, 1.807) is 0 Å². The van der Waals surface area contributed by atoms with E-state index < -0.39 is 27.2 Å². The summed E-state index contributed by atoms with van der Waals surface area (Å²) in [5.41, 5.74) is -0.0686. The molecule has 0 spiro atoms. The number of carbonyl (C=O) groups is 2. The van der Waals surface area contributed by atoms with Crippen molar-refractivity contribution in [1.29, 1.82) is 0 Å². The monoisotopic (exact) mass is 401 g/mol. The first-order chi connectivity index (χ1) is 12.2. The zero-order valence-corrected chi connectivity index (χ0v) is 15.8. The van der Waals surface area contributed by atoms with Crippen LogP contribution in [0.5, 0.6) is 0 Å². The molecule has 0 heterocycles. The first-order valence-electron chi connectivity index (χ1n) is 8.01. The maximum atomic E-state index is 12.0. The molecule has 0 radical (unpaired) electrons. The summed E-state index contributed by atoms with van der Waals surface area (Å²) in [6.45, 7) is 0.0950. The molecule has 1 aromatic rings. The molecule has 1 aliphatic carbocycles. The summed E-state index contributed by atoms with van der Waals surface area (Å²) in [6.07, 6.45) is 1.79. The van der Waals surface area contributed by atoms with Crippen molar-refractivity contribution >= 4 is 38.8 Å². The predicted octanol–water partition coefficient (Wildman–Crippen LogP) is 1.42. The highest BCUT2D eigenvalue weighted by atomic mass is 35.5. The number of carbonyl (C=O) groups excluding carboxylic acids is 2. The van der Waals surface area contributed by atoms with Crippen LogP contribution < -0.4 is 5.32 Å². The van der Waals surface area contributed by atoms with Crippen LogP contribution in [0.2, 0.25) is 5.02 Å². The van der Waals surface area contributed by atoms with Gasteiger partial charge >= 0.3 is 0 Å². The maximum Gasteiger partial charge on any atom is 0.175 e. The van der Waals surface area contributed by atoms with E-state index in [0.29, 0.717) is 6.42 Å². The highest BCUT2D eigenvalue weighted by molar-refractivity contribution is 7.90. The van der Waals surface area contributed by atoms with E-state index in [0.717, 1.165) is 6.26 Å². The molecule has 142 valence electrons. The molecule has 26 heavy (non-hydrogen) atoms. The third-order valence-corrected chi connectivity index (χ3v) is 5.66. The molecule has 1 aromatic carbocycles. The number of sulfone groups is 1. The number of Topliss-reactive ketones (excluding diaryl/α,β-unsaturated/α-hetero) is 2. The lowest BCUT2D eigenvalue weighted by molar-refractivity contribution is -0.123. The van der Waals surface area contributed by atoms with E-state index in [4.69, 9.17) is 16.7 Å². The standard InChI is InChI=1S/C17H20ClNO6S/c1-26(24,25)14-6-5-10(16(18)11(14)9-19-7-8-20)17(23)15-12(21)3-2-4-13(15)22/h5-6,19-20,23H,2-4,7-9H2,1H3. The predicted molar refractivity (Wildman–Crippen MR) is 96.8 cm³/mol. The van der Waals surface area contributed by atoms with Gasteiger partial charge in [-0.15, -0.1) is 0 Å². The molecule has 0 bridgehead atoms. The summed E-state index contributed by atoms with van der Waals surface area (Å²) in [6, 6.07) is 2.56. The van der Waals surface area contributed by atoms with E-state index >= 15 is 0 Å². The number of aliphatic hydroxyl groups is 2. The van der Waals surface area contributed by atoms with Gasteiger partial charge in [-0.05, 0) is 18.6 Å². The summed E-state index contributed by atoms with van der Waals surface area (Å²) >= 11 is 6.32. The molecule has 0 saturated heterocycles. The zero-order valence-electron chi connectivity index (χ0n) is 14.2. The second-order valence-corrected chi connectivity index (χ2v) is 8.36. The molecular formula is C17H20ClNO6S. The lowest BCUT2D eigenvalue weighted by atomic mass is 9.89. The Morgan fingerprint density at radius 2 is 1.85 bits per heavy atom. The van der Waals surface area contributed by atoms with Crippen LogP contribution in [0.15, 0.2) is 22.6 Å². The van der Waals surface area contributed by atoms with Crippen molar-refractivity contribution in [3.05, 3.63) is 33.9 Å². The smallest absolute Gasteiger partial charge is 0.175 e. The van der Waals surface area contributed by atoms with Crippen molar-refractivity contribution in [2.75, 3.05) is 19.4 Å². The number of rotatable bonds is 6. The van der Waals surface area contributed by atoms with Crippen molar-refractivity contribution < 1.29 is 28.2 Å². The molecule has 2 rings (SSSR count). The van der Waals surface area contributed by atoms with Crippen LogP contribution in [0.1, 0.15) is 30.4 Å². The van der Waals surface area contributed by atoms with Gasteiger partial charge in [0, 0.05) is 43.3 Å². The van der Waals surface area contributed by atoms with Gasteiger partial charge in [0.1, 0.15) is 11.3 Å².